The van der Waals surface area contributed by atoms with Crippen molar-refractivity contribution in [2.24, 2.45) is 0 Å². The summed E-state index contributed by atoms with van der Waals surface area (Å²) >= 11 is 0. The van der Waals surface area contributed by atoms with E-state index in [1.807, 2.05) is 0 Å². The fraction of sp³-hybridized carbons (Fsp3) is 0.307. The van der Waals surface area contributed by atoms with E-state index in [1.54, 1.807) is 0 Å². The lowest BCUT2D eigenvalue weighted by Crippen LogP contribution is -2.18. The maximum atomic E-state index is 2.64. The minimum atomic E-state index is -0.278. The van der Waals surface area contributed by atoms with Crippen molar-refractivity contribution in [1.29, 1.82) is 0 Å². The van der Waals surface area contributed by atoms with Crippen molar-refractivity contribution in [2.45, 2.75) is 150 Å². The first-order valence-corrected chi connectivity index (χ1v) is 28.5. The largest absolute Gasteiger partial charge is 0.310 e. The molecule has 0 spiro atoms. The van der Waals surface area contributed by atoms with E-state index in [0.29, 0.717) is 0 Å². The van der Waals surface area contributed by atoms with Gasteiger partial charge in [-0.1, -0.05) is 190 Å². The van der Waals surface area contributed by atoms with Crippen molar-refractivity contribution in [3.63, 3.8) is 0 Å². The van der Waals surface area contributed by atoms with Crippen LogP contribution in [0.1, 0.15) is 157 Å². The molecule has 0 N–H and O–H groups in total. The second kappa shape index (κ2) is 17.3. The van der Waals surface area contributed by atoms with Gasteiger partial charge >= 0.3 is 0 Å². The summed E-state index contributed by atoms with van der Waals surface area (Å²) in [5.41, 5.74) is 22.4. The summed E-state index contributed by atoms with van der Waals surface area (Å²) in [5, 5.41) is 7.76. The first kappa shape index (κ1) is 51.4. The van der Waals surface area contributed by atoms with Crippen LogP contribution in [0.4, 0.5) is 34.1 Å². The predicted molar refractivity (Wildman–Crippen MR) is 339 cm³/mol. The Morgan fingerprint density at radius 1 is 0.308 bits per heavy atom. The molecular formula is C75H79N3. The number of hydrogen-bond donors (Lipinski definition) is 0. The van der Waals surface area contributed by atoms with Gasteiger partial charge in [0, 0.05) is 66.5 Å². The number of benzene rings is 9. The Hall–Kier alpha value is -7.36. The first-order valence-electron chi connectivity index (χ1n) is 28.5. The summed E-state index contributed by atoms with van der Waals surface area (Å²) in [5.74, 6) is 0. The molecule has 0 aliphatic heterocycles. The zero-order valence-electron chi connectivity index (χ0n) is 49.5. The third-order valence-corrected chi connectivity index (χ3v) is 17.4. The Labute approximate surface area is 464 Å². The molecule has 9 aromatic carbocycles. The molecule has 0 saturated heterocycles. The monoisotopic (exact) mass is 1020 g/mol. The highest BCUT2D eigenvalue weighted by molar-refractivity contribution is 6.28. The molecule has 2 heterocycles. The molecular weight excluding hydrogens is 943 g/mol. The fourth-order valence-corrected chi connectivity index (χ4v) is 12.6. The Morgan fingerprint density at radius 2 is 0.692 bits per heavy atom. The van der Waals surface area contributed by atoms with Crippen molar-refractivity contribution in [1.82, 2.24) is 4.40 Å². The summed E-state index contributed by atoms with van der Waals surface area (Å²) in [6.45, 7) is 39.6. The van der Waals surface area contributed by atoms with Crippen LogP contribution < -0.4 is 9.80 Å². The average Bonchev–Trinajstić information content (AvgIpc) is 3.41. The van der Waals surface area contributed by atoms with Crippen LogP contribution in [0.5, 0.6) is 0 Å². The standard InChI is InChI=1S/C75H79N3/c1-70(2,3)47-22-18-26-52(37-47)76(53-27-19-23-48(38-53)71(4,5)6)56-31-34-58-62-36-46-30-33-60-64-42-51(74(13,14)15)41-63-59-35-32-57(44-67(59)78(69(63)64)68(60)61(46)45-66(62)75(16,17)65(58)43-56)77(54-28-20-24-49(39-54)72(7,8)9)55-29-21-25-50(40-55)73(10,11)12/h18-45H,1-17H3. The Morgan fingerprint density at radius 3 is 1.15 bits per heavy atom. The Bertz CT molecular complexity index is 4080. The quantitative estimate of drug-likeness (QED) is 0.164. The molecule has 78 heavy (non-hydrogen) atoms. The molecule has 3 nitrogen and oxygen atoms in total. The molecule has 1 aliphatic rings. The zero-order chi connectivity index (χ0) is 55.4. The number of nitrogens with zero attached hydrogens (tertiary/aromatic N) is 3. The van der Waals surface area contributed by atoms with Crippen molar-refractivity contribution in [2.75, 3.05) is 9.80 Å². The topological polar surface area (TPSA) is 10.9 Å². The van der Waals surface area contributed by atoms with Gasteiger partial charge in [-0.15, -0.1) is 0 Å². The van der Waals surface area contributed by atoms with Crippen LogP contribution >= 0.6 is 0 Å². The van der Waals surface area contributed by atoms with Gasteiger partial charge < -0.3 is 14.2 Å². The molecule has 0 amide bonds. The van der Waals surface area contributed by atoms with Gasteiger partial charge in [0.1, 0.15) is 0 Å². The van der Waals surface area contributed by atoms with Gasteiger partial charge in [0.05, 0.1) is 16.6 Å². The molecule has 0 fully saturated rings. The number of aromatic nitrogens is 1. The van der Waals surface area contributed by atoms with Crippen LogP contribution in [-0.2, 0) is 32.5 Å². The highest BCUT2D eigenvalue weighted by Gasteiger charge is 2.37. The fourth-order valence-electron chi connectivity index (χ4n) is 12.6. The van der Waals surface area contributed by atoms with Crippen LogP contribution in [0.2, 0.25) is 0 Å². The molecule has 394 valence electrons. The summed E-state index contributed by atoms with van der Waals surface area (Å²) in [7, 11) is 0. The molecule has 0 unspecified atom stereocenters. The van der Waals surface area contributed by atoms with Gasteiger partial charge in [0.25, 0.3) is 0 Å². The van der Waals surface area contributed by atoms with E-state index in [0.717, 1.165) is 17.1 Å². The van der Waals surface area contributed by atoms with Gasteiger partial charge in [-0.2, -0.15) is 0 Å². The van der Waals surface area contributed by atoms with E-state index < -0.39 is 0 Å². The van der Waals surface area contributed by atoms with E-state index in [1.165, 1.54) is 116 Å². The second-order valence-electron chi connectivity index (χ2n) is 28.5. The number of hydrogen-bond acceptors (Lipinski definition) is 2. The van der Waals surface area contributed by atoms with Gasteiger partial charge in [-0.3, -0.25) is 0 Å². The van der Waals surface area contributed by atoms with Crippen molar-refractivity contribution in [3.05, 3.63) is 209 Å². The van der Waals surface area contributed by atoms with Crippen molar-refractivity contribution < 1.29 is 0 Å². The van der Waals surface area contributed by atoms with Crippen molar-refractivity contribution >= 4 is 83.0 Å². The number of rotatable bonds is 6. The van der Waals surface area contributed by atoms with E-state index in [-0.39, 0.29) is 32.5 Å². The Kier molecular flexibility index (Phi) is 11.4. The SMILES string of the molecule is CC(C)(C)c1cccc(N(c2cccc(C(C)(C)C)c2)c2ccc3c(c2)C(C)(C)c2cc4c(ccc5c6cc(C(C)(C)C)cc7c8ccc(N(c9cccc(C(C)(C)C)c9)c9cccc(C(C)(C)C)c9)cc8n(c45)c76)cc2-3)c1. The van der Waals surface area contributed by atoms with Gasteiger partial charge in [-0.25, -0.2) is 0 Å². The molecule has 11 aromatic rings. The molecule has 0 atom stereocenters. The third kappa shape index (κ3) is 8.38. The van der Waals surface area contributed by atoms with Gasteiger partial charge in [0.2, 0.25) is 0 Å². The number of anilines is 6. The second-order valence-corrected chi connectivity index (χ2v) is 28.5. The van der Waals surface area contributed by atoms with Crippen LogP contribution in [0, 0.1) is 0 Å². The smallest absolute Gasteiger partial charge is 0.0620 e. The molecule has 0 saturated carbocycles. The van der Waals surface area contributed by atoms with E-state index >= 15 is 0 Å². The average molecular weight is 1020 g/mol. The van der Waals surface area contributed by atoms with Crippen molar-refractivity contribution in [3.8, 4) is 11.1 Å². The zero-order valence-corrected chi connectivity index (χ0v) is 49.5. The summed E-state index contributed by atoms with van der Waals surface area (Å²) < 4.78 is 2.64. The molecule has 12 rings (SSSR count). The predicted octanol–water partition coefficient (Wildman–Crippen LogP) is 21.7. The van der Waals surface area contributed by atoms with Crippen LogP contribution in [-0.4, -0.2) is 4.40 Å². The minimum Gasteiger partial charge on any atom is -0.310 e. The normalized spacial score (nSPS) is 14.1. The molecule has 0 bridgehead atoms. The van der Waals surface area contributed by atoms with Crippen LogP contribution in [0.3, 0.4) is 0 Å². The lowest BCUT2D eigenvalue weighted by atomic mass is 9.81. The summed E-state index contributed by atoms with van der Waals surface area (Å²) in [6.07, 6.45) is 0. The lowest BCUT2D eigenvalue weighted by molar-refractivity contribution is 0.589. The van der Waals surface area contributed by atoms with Gasteiger partial charge in [-0.05, 0) is 180 Å². The highest BCUT2D eigenvalue weighted by Crippen LogP contribution is 2.54. The van der Waals surface area contributed by atoms with E-state index in [2.05, 4.69) is 302 Å². The van der Waals surface area contributed by atoms with Crippen LogP contribution in [0.25, 0.3) is 60.0 Å². The maximum Gasteiger partial charge on any atom is 0.0620 e. The Balaban J connectivity index is 1.08. The molecule has 2 aromatic heterocycles. The minimum absolute atomic E-state index is 0.00750. The molecule has 0 radical (unpaired) electrons. The maximum absolute atomic E-state index is 2.64. The first-order chi connectivity index (χ1) is 36.6. The van der Waals surface area contributed by atoms with E-state index in [4.69, 9.17) is 0 Å². The van der Waals surface area contributed by atoms with E-state index in [9.17, 15) is 0 Å². The van der Waals surface area contributed by atoms with Gasteiger partial charge in [0.15, 0.2) is 0 Å². The third-order valence-electron chi connectivity index (χ3n) is 17.4. The lowest BCUT2D eigenvalue weighted by Gasteiger charge is -2.30. The number of fused-ring (bicyclic) bond motifs is 11. The summed E-state index contributed by atoms with van der Waals surface area (Å²) in [4.78, 5) is 4.97. The van der Waals surface area contributed by atoms with Crippen LogP contribution in [0.15, 0.2) is 170 Å². The summed E-state index contributed by atoms with van der Waals surface area (Å²) in [6, 6.07) is 66.1. The molecule has 3 heteroatoms. The molecule has 1 aliphatic carbocycles. The highest BCUT2D eigenvalue weighted by atomic mass is 15.1.